The summed E-state index contributed by atoms with van der Waals surface area (Å²) in [5.41, 5.74) is 6.42. The molecule has 0 amide bonds. The van der Waals surface area contributed by atoms with Gasteiger partial charge in [-0.2, -0.15) is 0 Å². The van der Waals surface area contributed by atoms with E-state index in [1.807, 2.05) is 6.07 Å². The van der Waals surface area contributed by atoms with Gasteiger partial charge in [-0.05, 0) is 71.1 Å². The molecule has 3 N–H and O–H groups in total. The lowest BCUT2D eigenvalue weighted by Gasteiger charge is -2.18. The SMILES string of the molecule is NCc1ccc(Br)c(S(=O)(=O)NC(C2CC2)C2CC2)c1. The van der Waals surface area contributed by atoms with E-state index in [0.29, 0.717) is 27.7 Å². The van der Waals surface area contributed by atoms with E-state index in [0.717, 1.165) is 31.2 Å². The van der Waals surface area contributed by atoms with Crippen LogP contribution in [0.25, 0.3) is 0 Å². The number of benzene rings is 1. The lowest BCUT2D eigenvalue weighted by Crippen LogP contribution is -2.38. The van der Waals surface area contributed by atoms with Crippen LogP contribution in [0.5, 0.6) is 0 Å². The van der Waals surface area contributed by atoms with Gasteiger partial charge in [-0.1, -0.05) is 6.07 Å². The molecule has 0 spiro atoms. The lowest BCUT2D eigenvalue weighted by molar-refractivity contribution is 0.471. The number of hydrogen-bond donors (Lipinski definition) is 2. The van der Waals surface area contributed by atoms with Gasteiger partial charge < -0.3 is 5.73 Å². The first kappa shape index (κ1) is 14.5. The Morgan fingerprint density at radius 1 is 1.25 bits per heavy atom. The standard InChI is InChI=1S/C14H19BrN2O2S/c15-12-6-1-9(8-16)7-13(12)20(18,19)17-14(10-2-3-10)11-4-5-11/h1,6-7,10-11,14,17H,2-5,8,16H2. The number of nitrogens with two attached hydrogens (primary N) is 1. The maximum atomic E-state index is 12.6. The predicted octanol–water partition coefficient (Wildman–Crippen LogP) is 2.37. The topological polar surface area (TPSA) is 72.2 Å². The third-order valence-corrected chi connectivity index (χ3v) is 6.53. The Bertz CT molecular complexity index is 598. The van der Waals surface area contributed by atoms with Gasteiger partial charge in [0.05, 0.1) is 4.90 Å². The highest BCUT2D eigenvalue weighted by molar-refractivity contribution is 9.10. The van der Waals surface area contributed by atoms with Crippen LogP contribution in [-0.2, 0) is 16.6 Å². The summed E-state index contributed by atoms with van der Waals surface area (Å²) in [4.78, 5) is 0.298. The Balaban J connectivity index is 1.86. The van der Waals surface area contributed by atoms with Crippen molar-refractivity contribution >= 4 is 26.0 Å². The fourth-order valence-corrected chi connectivity index (χ4v) is 5.00. The highest BCUT2D eigenvalue weighted by Crippen LogP contribution is 2.45. The van der Waals surface area contributed by atoms with Crippen molar-refractivity contribution in [2.45, 2.75) is 43.2 Å². The lowest BCUT2D eigenvalue weighted by atomic mass is 10.1. The summed E-state index contributed by atoms with van der Waals surface area (Å²) in [6.45, 7) is 0.338. The van der Waals surface area contributed by atoms with E-state index in [4.69, 9.17) is 5.73 Å². The quantitative estimate of drug-likeness (QED) is 0.819. The molecule has 0 heterocycles. The zero-order valence-electron chi connectivity index (χ0n) is 11.2. The first-order chi connectivity index (χ1) is 9.51. The summed E-state index contributed by atoms with van der Waals surface area (Å²) in [6.07, 6.45) is 4.59. The molecule has 2 aliphatic rings. The maximum Gasteiger partial charge on any atom is 0.241 e. The molecular weight excluding hydrogens is 340 g/mol. The molecule has 1 aromatic rings. The third kappa shape index (κ3) is 3.08. The largest absolute Gasteiger partial charge is 0.326 e. The van der Waals surface area contributed by atoms with Gasteiger partial charge in [0.1, 0.15) is 0 Å². The monoisotopic (exact) mass is 358 g/mol. The molecule has 2 aliphatic carbocycles. The fourth-order valence-electron chi connectivity index (χ4n) is 2.61. The van der Waals surface area contributed by atoms with Crippen LogP contribution in [0.15, 0.2) is 27.6 Å². The predicted molar refractivity (Wildman–Crippen MR) is 81.6 cm³/mol. The molecule has 3 rings (SSSR count). The van der Waals surface area contributed by atoms with E-state index in [1.165, 1.54) is 0 Å². The van der Waals surface area contributed by atoms with E-state index < -0.39 is 10.0 Å². The molecule has 1 aromatic carbocycles. The van der Waals surface area contributed by atoms with Crippen LogP contribution in [0.2, 0.25) is 0 Å². The Morgan fingerprint density at radius 2 is 1.85 bits per heavy atom. The summed E-state index contributed by atoms with van der Waals surface area (Å²) < 4.78 is 28.7. The number of hydrogen-bond acceptors (Lipinski definition) is 3. The van der Waals surface area contributed by atoms with Gasteiger partial charge >= 0.3 is 0 Å². The minimum atomic E-state index is -3.49. The minimum absolute atomic E-state index is 0.119. The fraction of sp³-hybridized carbons (Fsp3) is 0.571. The van der Waals surface area contributed by atoms with Crippen molar-refractivity contribution in [2.24, 2.45) is 17.6 Å². The highest BCUT2D eigenvalue weighted by atomic mass is 79.9. The molecule has 0 aromatic heterocycles. The third-order valence-electron chi connectivity index (χ3n) is 4.07. The molecule has 110 valence electrons. The normalized spacial score (nSPS) is 19.6. The Morgan fingerprint density at radius 3 is 2.35 bits per heavy atom. The first-order valence-electron chi connectivity index (χ1n) is 7.02. The van der Waals surface area contributed by atoms with Crippen molar-refractivity contribution in [2.75, 3.05) is 0 Å². The minimum Gasteiger partial charge on any atom is -0.326 e. The van der Waals surface area contributed by atoms with Crippen molar-refractivity contribution in [3.8, 4) is 0 Å². The average molecular weight is 359 g/mol. The highest BCUT2D eigenvalue weighted by Gasteiger charge is 2.43. The molecule has 2 saturated carbocycles. The summed E-state index contributed by atoms with van der Waals surface area (Å²) in [6, 6.07) is 5.36. The summed E-state index contributed by atoms with van der Waals surface area (Å²) in [7, 11) is -3.49. The maximum absolute atomic E-state index is 12.6. The van der Waals surface area contributed by atoms with E-state index >= 15 is 0 Å². The Kier molecular flexibility index (Phi) is 3.92. The van der Waals surface area contributed by atoms with Gasteiger partial charge in [-0.15, -0.1) is 0 Å². The van der Waals surface area contributed by atoms with Crippen molar-refractivity contribution in [1.29, 1.82) is 0 Å². The Hall–Kier alpha value is -0.430. The molecule has 2 fully saturated rings. The summed E-state index contributed by atoms with van der Waals surface area (Å²) >= 11 is 3.33. The number of halogens is 1. The van der Waals surface area contributed by atoms with Crippen molar-refractivity contribution < 1.29 is 8.42 Å². The average Bonchev–Trinajstić information content (AvgIpc) is 3.29. The smallest absolute Gasteiger partial charge is 0.241 e. The van der Waals surface area contributed by atoms with Crippen LogP contribution < -0.4 is 10.5 Å². The molecule has 0 saturated heterocycles. The van der Waals surface area contributed by atoms with Crippen LogP contribution in [0, 0.1) is 11.8 Å². The van der Waals surface area contributed by atoms with Gasteiger partial charge in [0.15, 0.2) is 0 Å². The van der Waals surface area contributed by atoms with Gasteiger partial charge in [0.2, 0.25) is 10.0 Å². The van der Waals surface area contributed by atoms with Gasteiger partial charge in [0.25, 0.3) is 0 Å². The van der Waals surface area contributed by atoms with Crippen molar-refractivity contribution in [1.82, 2.24) is 4.72 Å². The van der Waals surface area contributed by atoms with Gasteiger partial charge in [-0.25, -0.2) is 13.1 Å². The summed E-state index contributed by atoms with van der Waals surface area (Å²) in [5.74, 6) is 1.07. The van der Waals surface area contributed by atoms with Crippen LogP contribution >= 0.6 is 15.9 Å². The second kappa shape index (κ2) is 5.40. The first-order valence-corrected chi connectivity index (χ1v) is 9.29. The molecule has 0 unspecified atom stereocenters. The number of rotatable bonds is 6. The van der Waals surface area contributed by atoms with Crippen molar-refractivity contribution in [3.63, 3.8) is 0 Å². The van der Waals surface area contributed by atoms with Gasteiger partial charge in [-0.3, -0.25) is 0 Å². The number of nitrogens with one attached hydrogen (secondary N) is 1. The molecule has 6 heteroatoms. The van der Waals surface area contributed by atoms with Gasteiger partial charge in [0, 0.05) is 17.1 Å². The van der Waals surface area contributed by atoms with E-state index in [9.17, 15) is 8.42 Å². The number of sulfonamides is 1. The zero-order valence-corrected chi connectivity index (χ0v) is 13.6. The molecule has 0 aliphatic heterocycles. The molecule has 0 bridgehead atoms. The van der Waals surface area contributed by atoms with E-state index in [-0.39, 0.29) is 6.04 Å². The van der Waals surface area contributed by atoms with Crippen LogP contribution in [-0.4, -0.2) is 14.5 Å². The van der Waals surface area contributed by atoms with E-state index in [2.05, 4.69) is 20.7 Å². The van der Waals surface area contributed by atoms with Crippen LogP contribution in [0.4, 0.5) is 0 Å². The molecule has 4 nitrogen and oxygen atoms in total. The molecule has 0 atom stereocenters. The second-order valence-electron chi connectivity index (χ2n) is 5.79. The van der Waals surface area contributed by atoms with Crippen molar-refractivity contribution in [3.05, 3.63) is 28.2 Å². The summed E-state index contributed by atoms with van der Waals surface area (Å²) in [5, 5.41) is 0. The zero-order chi connectivity index (χ0) is 14.3. The molecular formula is C14H19BrN2O2S. The van der Waals surface area contributed by atoms with Crippen LogP contribution in [0.1, 0.15) is 31.2 Å². The molecule has 0 radical (unpaired) electrons. The van der Waals surface area contributed by atoms with E-state index in [1.54, 1.807) is 12.1 Å². The Labute approximate surface area is 128 Å². The van der Waals surface area contributed by atoms with Crippen LogP contribution in [0.3, 0.4) is 0 Å². The molecule has 20 heavy (non-hydrogen) atoms. The second-order valence-corrected chi connectivity index (χ2v) is 8.33.